The molecule has 0 saturated carbocycles. The van der Waals surface area contributed by atoms with Crippen LogP contribution in [0.5, 0.6) is 0 Å². The van der Waals surface area contributed by atoms with Gasteiger partial charge in [0.25, 0.3) is 0 Å². The third-order valence-electron chi connectivity index (χ3n) is 3.59. The molecule has 1 amide bonds. The number of esters is 1. The minimum Gasteiger partial charge on any atom is -0.460 e. The largest absolute Gasteiger partial charge is 0.460 e. The number of carbonyl (C=O) groups is 2. The van der Waals surface area contributed by atoms with Crippen LogP contribution in [0.2, 0.25) is 0 Å². The summed E-state index contributed by atoms with van der Waals surface area (Å²) in [5.41, 5.74) is -1.43. The second-order valence-electron chi connectivity index (χ2n) is 9.72. The van der Waals surface area contributed by atoms with Gasteiger partial charge in [0, 0.05) is 23.8 Å². The van der Waals surface area contributed by atoms with E-state index in [0.29, 0.717) is 12.8 Å². The summed E-state index contributed by atoms with van der Waals surface area (Å²) in [5.74, 6) is -0.244. The van der Waals surface area contributed by atoms with Gasteiger partial charge in [-0.2, -0.15) is 0 Å². The van der Waals surface area contributed by atoms with Crippen molar-refractivity contribution in [1.29, 1.82) is 0 Å². The van der Waals surface area contributed by atoms with Crippen molar-refractivity contribution >= 4 is 11.9 Å². The van der Waals surface area contributed by atoms with Crippen molar-refractivity contribution in [1.82, 2.24) is 5.32 Å². The van der Waals surface area contributed by atoms with Gasteiger partial charge >= 0.3 is 5.97 Å². The molecule has 4 heteroatoms. The van der Waals surface area contributed by atoms with E-state index in [1.54, 1.807) is 6.92 Å². The van der Waals surface area contributed by atoms with Crippen LogP contribution in [0.25, 0.3) is 0 Å². The first-order valence-electron chi connectivity index (χ1n) is 8.54. The Bertz CT molecular complexity index is 428. The molecule has 0 spiro atoms. The molecule has 0 aromatic rings. The second kappa shape index (κ2) is 7.23. The normalized spacial score (nSPS) is 13.7. The van der Waals surface area contributed by atoms with Crippen LogP contribution in [0, 0.1) is 10.8 Å². The standard InChI is InChI=1S/C19H37NO3/c1-11-14(21)23-19(9,10)13-17(5,6)15(22)20-18(7,8)12-16(2,3)4/h11-13H2,1-10H3,(H,20,22). The molecule has 0 aromatic carbocycles. The van der Waals surface area contributed by atoms with Crippen LogP contribution in [0.1, 0.15) is 88.5 Å². The quantitative estimate of drug-likeness (QED) is 0.702. The number of hydrogen-bond acceptors (Lipinski definition) is 3. The molecule has 0 radical (unpaired) electrons. The van der Waals surface area contributed by atoms with Gasteiger partial charge in [-0.25, -0.2) is 0 Å². The molecule has 0 aliphatic heterocycles. The first kappa shape index (κ1) is 21.9. The van der Waals surface area contributed by atoms with Gasteiger partial charge < -0.3 is 10.1 Å². The molecule has 0 heterocycles. The van der Waals surface area contributed by atoms with Gasteiger partial charge in [0.05, 0.1) is 0 Å². The summed E-state index contributed by atoms with van der Waals surface area (Å²) in [7, 11) is 0. The Morgan fingerprint density at radius 1 is 0.870 bits per heavy atom. The number of ether oxygens (including phenoxy) is 1. The van der Waals surface area contributed by atoms with Gasteiger partial charge in [0.1, 0.15) is 5.60 Å². The zero-order chi connectivity index (χ0) is 18.7. The summed E-state index contributed by atoms with van der Waals surface area (Å²) < 4.78 is 5.46. The fourth-order valence-corrected chi connectivity index (χ4v) is 3.41. The molecule has 0 bridgehead atoms. The van der Waals surface area contributed by atoms with Gasteiger partial charge in [-0.1, -0.05) is 41.5 Å². The van der Waals surface area contributed by atoms with Crippen molar-refractivity contribution < 1.29 is 14.3 Å². The van der Waals surface area contributed by atoms with Crippen LogP contribution in [-0.2, 0) is 14.3 Å². The summed E-state index contributed by atoms with van der Waals surface area (Å²) in [6.07, 6.45) is 1.70. The van der Waals surface area contributed by atoms with Crippen LogP contribution in [-0.4, -0.2) is 23.0 Å². The van der Waals surface area contributed by atoms with E-state index < -0.39 is 11.0 Å². The molecule has 136 valence electrons. The van der Waals surface area contributed by atoms with Gasteiger partial charge in [0.15, 0.2) is 0 Å². The molecule has 0 aliphatic carbocycles. The van der Waals surface area contributed by atoms with Gasteiger partial charge in [-0.15, -0.1) is 0 Å². The predicted octanol–water partition coefficient (Wildman–Crippen LogP) is 4.47. The molecule has 0 atom stereocenters. The molecule has 0 unspecified atom stereocenters. The van der Waals surface area contributed by atoms with E-state index >= 15 is 0 Å². The molecule has 4 nitrogen and oxygen atoms in total. The van der Waals surface area contributed by atoms with Crippen LogP contribution in [0.3, 0.4) is 0 Å². The van der Waals surface area contributed by atoms with E-state index in [1.165, 1.54) is 0 Å². The Kier molecular flexibility index (Phi) is 6.89. The Morgan fingerprint density at radius 3 is 1.74 bits per heavy atom. The lowest BCUT2D eigenvalue weighted by Gasteiger charge is -2.38. The predicted molar refractivity (Wildman–Crippen MR) is 95.2 cm³/mol. The second-order valence-corrected chi connectivity index (χ2v) is 9.72. The molecule has 1 N–H and O–H groups in total. The number of rotatable bonds is 7. The van der Waals surface area contributed by atoms with E-state index in [9.17, 15) is 9.59 Å². The fraction of sp³-hybridized carbons (Fsp3) is 0.895. The van der Waals surface area contributed by atoms with Crippen molar-refractivity contribution in [3.05, 3.63) is 0 Å². The van der Waals surface area contributed by atoms with E-state index in [-0.39, 0.29) is 22.8 Å². The number of carbonyl (C=O) groups excluding carboxylic acids is 2. The van der Waals surface area contributed by atoms with Gasteiger partial charge in [-0.05, 0) is 39.5 Å². The van der Waals surface area contributed by atoms with Gasteiger partial charge in [-0.3, -0.25) is 9.59 Å². The maximum Gasteiger partial charge on any atom is 0.306 e. The maximum absolute atomic E-state index is 12.7. The summed E-state index contributed by atoms with van der Waals surface area (Å²) in [6.45, 7) is 19.9. The van der Waals surface area contributed by atoms with Gasteiger partial charge in [0.2, 0.25) is 5.91 Å². The third kappa shape index (κ3) is 8.97. The maximum atomic E-state index is 12.7. The number of amides is 1. The van der Waals surface area contributed by atoms with E-state index in [0.717, 1.165) is 6.42 Å². The van der Waals surface area contributed by atoms with Crippen LogP contribution in [0.4, 0.5) is 0 Å². The highest BCUT2D eigenvalue weighted by atomic mass is 16.6. The van der Waals surface area contributed by atoms with Crippen molar-refractivity contribution in [2.45, 2.75) is 99.6 Å². The summed E-state index contributed by atoms with van der Waals surface area (Å²) in [4.78, 5) is 24.3. The summed E-state index contributed by atoms with van der Waals surface area (Å²) >= 11 is 0. The zero-order valence-corrected chi connectivity index (χ0v) is 16.8. The molecule has 0 aliphatic rings. The lowest BCUT2D eigenvalue weighted by atomic mass is 9.78. The third-order valence-corrected chi connectivity index (χ3v) is 3.59. The number of hydrogen-bond donors (Lipinski definition) is 1. The Morgan fingerprint density at radius 2 is 1.35 bits per heavy atom. The SMILES string of the molecule is CCC(=O)OC(C)(C)CC(C)(C)C(=O)NC(C)(C)CC(C)(C)C. The van der Waals surface area contributed by atoms with Crippen molar-refractivity contribution in [2.24, 2.45) is 10.8 Å². The van der Waals surface area contributed by atoms with Crippen molar-refractivity contribution in [3.63, 3.8) is 0 Å². The zero-order valence-electron chi connectivity index (χ0n) is 16.8. The average molecular weight is 328 g/mol. The minimum absolute atomic E-state index is 0.00706. The monoisotopic (exact) mass is 327 g/mol. The van der Waals surface area contributed by atoms with Crippen molar-refractivity contribution in [2.75, 3.05) is 0 Å². The molecule has 0 rings (SSSR count). The Balaban J connectivity index is 4.93. The molecule has 0 aromatic heterocycles. The highest BCUT2D eigenvalue weighted by Crippen LogP contribution is 2.33. The van der Waals surface area contributed by atoms with E-state index in [2.05, 4.69) is 39.9 Å². The molecule has 0 saturated heterocycles. The van der Waals surface area contributed by atoms with Crippen molar-refractivity contribution in [3.8, 4) is 0 Å². The van der Waals surface area contributed by atoms with E-state index in [1.807, 2.05) is 27.7 Å². The fourth-order valence-electron chi connectivity index (χ4n) is 3.41. The smallest absolute Gasteiger partial charge is 0.306 e. The average Bonchev–Trinajstić information content (AvgIpc) is 2.21. The summed E-state index contributed by atoms with van der Waals surface area (Å²) in [5, 5.41) is 3.16. The van der Waals surface area contributed by atoms with E-state index in [4.69, 9.17) is 4.74 Å². The van der Waals surface area contributed by atoms with Crippen LogP contribution >= 0.6 is 0 Å². The molecule has 0 fully saturated rings. The van der Waals surface area contributed by atoms with Crippen LogP contribution in [0.15, 0.2) is 0 Å². The number of nitrogens with one attached hydrogen (secondary N) is 1. The first-order chi connectivity index (χ1) is 10.00. The molecular formula is C19H37NO3. The summed E-state index contributed by atoms with van der Waals surface area (Å²) in [6, 6.07) is 0. The molecular weight excluding hydrogens is 290 g/mol. The lowest BCUT2D eigenvalue weighted by molar-refractivity contribution is -0.161. The Hall–Kier alpha value is -1.06. The van der Waals surface area contributed by atoms with Crippen LogP contribution < -0.4 is 5.32 Å². The highest BCUT2D eigenvalue weighted by Gasteiger charge is 2.39. The highest BCUT2D eigenvalue weighted by molar-refractivity contribution is 5.82. The first-order valence-corrected chi connectivity index (χ1v) is 8.54. The Labute approximate surface area is 142 Å². The lowest BCUT2D eigenvalue weighted by Crippen LogP contribution is -2.52. The molecule has 23 heavy (non-hydrogen) atoms. The topological polar surface area (TPSA) is 55.4 Å². The minimum atomic E-state index is -0.665.